The third kappa shape index (κ3) is 7.59. The van der Waals surface area contributed by atoms with Gasteiger partial charge in [-0.25, -0.2) is 9.65 Å². The molecule has 1 N–H and O–H groups in total. The molecule has 2 aromatic carbocycles. The standard InChI is InChI=1S/C32H41FO9S/c1-18-22(24(42-35)20-14-10-8-11-15-20)25(36-6)27(41-31(34)32(3,4)5)30(39-18)40-23-19(2)38-29(33)28(26(23)37-7)43-21-16-12-9-13-17-21/h8-19,23,25-30,35H,1-7H3/b24-22+. The molecule has 2 fully saturated rings. The molecular formula is C32H41FO9S. The van der Waals surface area contributed by atoms with Crippen LogP contribution in [0.4, 0.5) is 4.39 Å². The first kappa shape index (κ1) is 33.4. The zero-order valence-electron chi connectivity index (χ0n) is 25.5. The first-order valence-corrected chi connectivity index (χ1v) is 15.1. The predicted octanol–water partition coefficient (Wildman–Crippen LogP) is 5.88. The summed E-state index contributed by atoms with van der Waals surface area (Å²) in [6.45, 7) is 8.64. The third-order valence-electron chi connectivity index (χ3n) is 7.44. The van der Waals surface area contributed by atoms with Gasteiger partial charge in [-0.1, -0.05) is 48.5 Å². The fraction of sp³-hybridized carbons (Fsp3) is 0.531. The monoisotopic (exact) mass is 620 g/mol. The summed E-state index contributed by atoms with van der Waals surface area (Å²) < 4.78 is 51.7. The topological polar surface area (TPSA) is 102 Å². The number of esters is 1. The van der Waals surface area contributed by atoms with Gasteiger partial charge in [0.05, 0.1) is 22.9 Å². The number of hydrogen-bond donors (Lipinski definition) is 1. The number of halogens is 1. The summed E-state index contributed by atoms with van der Waals surface area (Å²) >= 11 is 1.29. The first-order chi connectivity index (χ1) is 20.5. The van der Waals surface area contributed by atoms with Crippen molar-refractivity contribution < 1.29 is 47.8 Å². The van der Waals surface area contributed by atoms with Crippen LogP contribution in [0.1, 0.15) is 40.2 Å². The van der Waals surface area contributed by atoms with E-state index in [-0.39, 0.29) is 5.76 Å². The van der Waals surface area contributed by atoms with E-state index < -0.39 is 65.9 Å². The van der Waals surface area contributed by atoms with Gasteiger partial charge in [-0.05, 0) is 46.8 Å². The van der Waals surface area contributed by atoms with Gasteiger partial charge in [-0.3, -0.25) is 4.79 Å². The predicted molar refractivity (Wildman–Crippen MR) is 159 cm³/mol. The highest BCUT2D eigenvalue weighted by Gasteiger charge is 2.52. The smallest absolute Gasteiger partial charge is 0.311 e. The highest BCUT2D eigenvalue weighted by atomic mass is 32.2. The van der Waals surface area contributed by atoms with Crippen LogP contribution in [-0.2, 0) is 38.1 Å². The van der Waals surface area contributed by atoms with Crippen molar-refractivity contribution in [3.8, 4) is 0 Å². The zero-order chi connectivity index (χ0) is 31.3. The van der Waals surface area contributed by atoms with E-state index in [9.17, 15) is 10.1 Å². The quantitative estimate of drug-likeness (QED) is 0.158. The lowest BCUT2D eigenvalue weighted by Gasteiger charge is -2.47. The van der Waals surface area contributed by atoms with Crippen molar-refractivity contribution in [1.82, 2.24) is 0 Å². The fourth-order valence-corrected chi connectivity index (χ4v) is 6.42. The second-order valence-electron chi connectivity index (χ2n) is 11.6. The fourth-order valence-electron chi connectivity index (χ4n) is 5.22. The van der Waals surface area contributed by atoms with Gasteiger partial charge < -0.3 is 33.3 Å². The molecule has 0 aromatic heterocycles. The average Bonchev–Trinajstić information content (AvgIpc) is 2.98. The number of carbonyl (C=O) groups is 1. The third-order valence-corrected chi connectivity index (χ3v) is 8.74. The van der Waals surface area contributed by atoms with Crippen LogP contribution in [-0.4, -0.2) is 80.0 Å². The minimum absolute atomic E-state index is 0.110. The highest BCUT2D eigenvalue weighted by Crippen LogP contribution is 2.41. The molecule has 11 heteroatoms. The molecule has 2 aromatic rings. The molecule has 0 saturated carbocycles. The van der Waals surface area contributed by atoms with Gasteiger partial charge in [-0.2, -0.15) is 0 Å². The number of hydrogen-bond acceptors (Lipinski definition) is 10. The molecule has 0 amide bonds. The second-order valence-corrected chi connectivity index (χ2v) is 12.8. The van der Waals surface area contributed by atoms with E-state index in [1.807, 2.05) is 36.4 Å². The van der Waals surface area contributed by atoms with Gasteiger partial charge >= 0.3 is 5.97 Å². The molecule has 43 heavy (non-hydrogen) atoms. The van der Waals surface area contributed by atoms with Gasteiger partial charge in [0.1, 0.15) is 18.3 Å². The summed E-state index contributed by atoms with van der Waals surface area (Å²) in [5.74, 6) is -0.409. The normalized spacial score (nSPS) is 32.6. The van der Waals surface area contributed by atoms with E-state index >= 15 is 4.39 Å². The van der Waals surface area contributed by atoms with Gasteiger partial charge in [0.15, 0.2) is 18.2 Å². The maximum atomic E-state index is 15.3. The van der Waals surface area contributed by atoms with Crippen molar-refractivity contribution in [3.05, 3.63) is 71.8 Å². The van der Waals surface area contributed by atoms with Crippen LogP contribution in [0.3, 0.4) is 0 Å². The Hall–Kier alpha value is -2.51. The van der Waals surface area contributed by atoms with E-state index in [0.717, 1.165) is 4.90 Å². The van der Waals surface area contributed by atoms with Crippen molar-refractivity contribution in [2.24, 2.45) is 5.41 Å². The van der Waals surface area contributed by atoms with E-state index in [4.69, 9.17) is 33.3 Å². The number of carbonyl (C=O) groups excluding carboxylic acids is 1. The zero-order valence-corrected chi connectivity index (χ0v) is 26.3. The van der Waals surface area contributed by atoms with Crippen molar-refractivity contribution in [2.75, 3.05) is 14.2 Å². The van der Waals surface area contributed by atoms with Crippen molar-refractivity contribution in [2.45, 2.75) is 94.0 Å². The van der Waals surface area contributed by atoms with Gasteiger partial charge in [0.2, 0.25) is 6.36 Å². The van der Waals surface area contributed by atoms with Crippen LogP contribution in [0.15, 0.2) is 71.1 Å². The van der Waals surface area contributed by atoms with Crippen LogP contribution < -0.4 is 0 Å². The Morgan fingerprint density at radius 3 is 2.09 bits per heavy atom. The largest absolute Gasteiger partial charge is 0.453 e. The van der Waals surface area contributed by atoms with E-state index in [1.165, 1.54) is 26.0 Å². The molecule has 0 radical (unpaired) electrons. The summed E-state index contributed by atoms with van der Waals surface area (Å²) in [7, 11) is 2.96. The Labute approximate surface area is 256 Å². The lowest BCUT2D eigenvalue weighted by molar-refractivity contribution is -0.309. The van der Waals surface area contributed by atoms with Crippen LogP contribution in [0.5, 0.6) is 0 Å². The average molecular weight is 621 g/mol. The van der Waals surface area contributed by atoms with Crippen molar-refractivity contribution in [1.29, 1.82) is 0 Å². The Morgan fingerprint density at radius 1 is 0.907 bits per heavy atom. The molecule has 0 bridgehead atoms. The van der Waals surface area contributed by atoms with Gasteiger partial charge in [0, 0.05) is 30.3 Å². The number of alkyl halides is 1. The molecular weight excluding hydrogens is 579 g/mol. The van der Waals surface area contributed by atoms with Crippen LogP contribution in [0, 0.1) is 5.41 Å². The van der Waals surface area contributed by atoms with Gasteiger partial charge in [-0.15, -0.1) is 11.8 Å². The summed E-state index contributed by atoms with van der Waals surface area (Å²) in [6, 6.07) is 18.4. The Kier molecular flexibility index (Phi) is 11.3. The molecule has 2 aliphatic rings. The lowest BCUT2D eigenvalue weighted by Crippen LogP contribution is -2.61. The van der Waals surface area contributed by atoms with Crippen LogP contribution >= 0.6 is 11.8 Å². The first-order valence-electron chi connectivity index (χ1n) is 14.2. The Morgan fingerprint density at radius 2 is 1.53 bits per heavy atom. The molecule has 9 unspecified atom stereocenters. The van der Waals surface area contributed by atoms with E-state index in [0.29, 0.717) is 11.1 Å². The van der Waals surface area contributed by atoms with E-state index in [1.54, 1.807) is 58.9 Å². The van der Waals surface area contributed by atoms with Crippen LogP contribution in [0.2, 0.25) is 0 Å². The maximum Gasteiger partial charge on any atom is 0.311 e. The molecule has 0 spiro atoms. The second kappa shape index (κ2) is 14.5. The molecule has 2 aliphatic heterocycles. The summed E-state index contributed by atoms with van der Waals surface area (Å²) in [4.78, 5) is 18.9. The molecule has 0 aliphatic carbocycles. The van der Waals surface area contributed by atoms with Gasteiger partial charge in [0.25, 0.3) is 0 Å². The molecule has 9 atom stereocenters. The van der Waals surface area contributed by atoms with Crippen LogP contribution in [0.25, 0.3) is 5.76 Å². The number of rotatable bonds is 9. The maximum absolute atomic E-state index is 15.3. The Bertz CT molecular complexity index is 1220. The number of benzene rings is 2. The molecule has 4 rings (SSSR count). The molecule has 2 saturated heterocycles. The molecule has 2 heterocycles. The minimum atomic E-state index is -1.62. The van der Waals surface area contributed by atoms with Crippen molar-refractivity contribution in [3.63, 3.8) is 0 Å². The Balaban J connectivity index is 1.71. The number of ether oxygens (including phenoxy) is 6. The molecule has 9 nitrogen and oxygen atoms in total. The summed E-state index contributed by atoms with van der Waals surface area (Å²) in [6.07, 6.45) is -7.87. The number of thioether (sulfide) groups is 1. The SMILES string of the molecule is COC1/C(=C(/OO)c2ccccc2)C(C)OC(OC2C(C)OC(F)C(Sc3ccccc3)C2OC)C1OC(=O)C(C)(C)C. The lowest BCUT2D eigenvalue weighted by atomic mass is 9.91. The molecule has 236 valence electrons. The summed E-state index contributed by atoms with van der Waals surface area (Å²) in [5.41, 5.74) is 0.127. The van der Waals surface area contributed by atoms with E-state index in [2.05, 4.69) is 0 Å². The highest BCUT2D eigenvalue weighted by molar-refractivity contribution is 8.00. The summed E-state index contributed by atoms with van der Waals surface area (Å²) in [5, 5.41) is 9.23. The minimum Gasteiger partial charge on any atom is -0.453 e. The van der Waals surface area contributed by atoms with Crippen molar-refractivity contribution >= 4 is 23.5 Å². The number of methoxy groups -OCH3 is 2.